The second-order valence-electron chi connectivity index (χ2n) is 8.49. The monoisotopic (exact) mass is 557 g/mol. The molecule has 37 heavy (non-hydrogen) atoms. The molecule has 0 saturated carbocycles. The molecule has 0 bridgehead atoms. The number of benzene rings is 1. The molecule has 3 aromatic rings. The number of rotatable bonds is 9. The highest BCUT2D eigenvalue weighted by Crippen LogP contribution is 2.49. The minimum atomic E-state index is -4.35. The third-order valence-electron chi connectivity index (χ3n) is 5.81. The number of aromatic nitrogens is 2. The van der Waals surface area contributed by atoms with Gasteiger partial charge in [-0.2, -0.15) is 5.09 Å². The molecule has 1 unspecified atom stereocenters. The van der Waals surface area contributed by atoms with E-state index in [1.54, 1.807) is 18.2 Å². The van der Waals surface area contributed by atoms with E-state index in [9.17, 15) is 24.1 Å². The lowest BCUT2D eigenvalue weighted by Crippen LogP contribution is -2.43. The van der Waals surface area contributed by atoms with E-state index in [1.165, 1.54) is 18.3 Å². The molecule has 1 aliphatic rings. The molecule has 4 rings (SSSR count). The van der Waals surface area contributed by atoms with E-state index in [0.29, 0.717) is 5.39 Å². The van der Waals surface area contributed by atoms with Crippen molar-refractivity contribution in [3.8, 4) is 5.75 Å². The lowest BCUT2D eigenvalue weighted by atomic mass is 9.98. The number of carbonyl (C=O) groups excluding carboxylic acids is 1. The Morgan fingerprint density at radius 3 is 2.84 bits per heavy atom. The summed E-state index contributed by atoms with van der Waals surface area (Å²) in [6.45, 7) is 1.76. The Balaban J connectivity index is 1.58. The van der Waals surface area contributed by atoms with Crippen molar-refractivity contribution in [2.24, 2.45) is 0 Å². The minimum absolute atomic E-state index is 0.201. The van der Waals surface area contributed by atoms with E-state index in [-0.39, 0.29) is 5.75 Å². The van der Waals surface area contributed by atoms with Gasteiger partial charge in [0.1, 0.15) is 24.0 Å². The number of esters is 1. The first-order chi connectivity index (χ1) is 17.4. The quantitative estimate of drug-likeness (QED) is 0.263. The molecular weight excluding hydrogens is 532 g/mol. The molecule has 200 valence electrons. The van der Waals surface area contributed by atoms with Gasteiger partial charge in [-0.25, -0.2) is 13.8 Å². The van der Waals surface area contributed by atoms with Crippen molar-refractivity contribution in [1.29, 1.82) is 0 Å². The molecule has 0 aliphatic carbocycles. The van der Waals surface area contributed by atoms with Crippen LogP contribution in [0.5, 0.6) is 5.75 Å². The van der Waals surface area contributed by atoms with Crippen LogP contribution in [0.1, 0.15) is 20.1 Å². The minimum Gasteiger partial charge on any atom is -0.468 e. The highest BCUT2D eigenvalue weighted by Gasteiger charge is 2.56. The molecular formula is C22H25FN3O9PS. The number of aliphatic hydroxyl groups excluding tert-OH is 1. The highest BCUT2D eigenvalue weighted by molar-refractivity contribution is 7.52. The normalized spacial score (nSPS) is 26.0. The standard InChI is InChI=1S/C22H25FN3O9PS/c1-12(19(29)32-3)25-36(31,35-14-5-4-6-16-13(14)8-10-37-16)33-11-15-18(28)22(2,23)20(34-15)26-9-7-17(27)24-21(26)30/h4-10,12,15,18,20,28H,11H2,1-3H3,(H,25,31)(H,24,27,30)/t12-,15+,18+,20+,22+,36?/m0/s1. The van der Waals surface area contributed by atoms with Gasteiger partial charge < -0.3 is 19.1 Å². The predicted octanol–water partition coefficient (Wildman–Crippen LogP) is 2.09. The van der Waals surface area contributed by atoms with Crippen molar-refractivity contribution in [1.82, 2.24) is 14.6 Å². The van der Waals surface area contributed by atoms with Gasteiger partial charge in [0.15, 0.2) is 11.9 Å². The molecule has 3 heterocycles. The smallest absolute Gasteiger partial charge is 0.459 e. The van der Waals surface area contributed by atoms with Crippen molar-refractivity contribution in [3.63, 3.8) is 0 Å². The summed E-state index contributed by atoms with van der Waals surface area (Å²) < 4.78 is 52.4. The van der Waals surface area contributed by atoms with E-state index in [4.69, 9.17) is 13.8 Å². The van der Waals surface area contributed by atoms with Crippen LogP contribution in [0.15, 0.2) is 51.5 Å². The zero-order chi connectivity index (χ0) is 27.0. The van der Waals surface area contributed by atoms with Crippen molar-refractivity contribution >= 4 is 35.1 Å². The number of hydrogen-bond donors (Lipinski definition) is 3. The summed E-state index contributed by atoms with van der Waals surface area (Å²) in [5.74, 6) is -0.542. The van der Waals surface area contributed by atoms with Gasteiger partial charge in [-0.05, 0) is 37.4 Å². The Hall–Kier alpha value is -2.87. The molecule has 2 aromatic heterocycles. The largest absolute Gasteiger partial charge is 0.468 e. The fourth-order valence-corrected chi connectivity index (χ4v) is 6.19. The number of thiophene rings is 1. The zero-order valence-electron chi connectivity index (χ0n) is 20.0. The number of alkyl halides is 1. The van der Waals surface area contributed by atoms with Crippen LogP contribution in [0.25, 0.3) is 10.1 Å². The number of fused-ring (bicyclic) bond motifs is 1. The molecule has 0 spiro atoms. The van der Waals surface area contributed by atoms with Crippen LogP contribution in [-0.2, 0) is 23.4 Å². The fourth-order valence-electron chi connectivity index (χ4n) is 3.87. The summed E-state index contributed by atoms with van der Waals surface area (Å²) in [6.07, 6.45) is -3.80. The van der Waals surface area contributed by atoms with Crippen LogP contribution in [0, 0.1) is 0 Å². The van der Waals surface area contributed by atoms with E-state index in [0.717, 1.165) is 35.6 Å². The predicted molar refractivity (Wildman–Crippen MR) is 131 cm³/mol. The Morgan fingerprint density at radius 1 is 1.38 bits per heavy atom. The van der Waals surface area contributed by atoms with Gasteiger partial charge in [-0.15, -0.1) is 11.3 Å². The number of aliphatic hydroxyl groups is 1. The number of ether oxygens (including phenoxy) is 2. The van der Waals surface area contributed by atoms with Gasteiger partial charge in [-0.1, -0.05) is 6.07 Å². The second-order valence-corrected chi connectivity index (χ2v) is 11.1. The van der Waals surface area contributed by atoms with Crippen molar-refractivity contribution in [2.45, 2.75) is 44.0 Å². The Morgan fingerprint density at radius 2 is 2.14 bits per heavy atom. The molecule has 1 fully saturated rings. The maximum absolute atomic E-state index is 15.5. The summed E-state index contributed by atoms with van der Waals surface area (Å²) in [4.78, 5) is 37.5. The number of nitrogens with one attached hydrogen (secondary N) is 2. The van der Waals surface area contributed by atoms with Crippen LogP contribution in [0.4, 0.5) is 4.39 Å². The van der Waals surface area contributed by atoms with Crippen molar-refractivity contribution in [2.75, 3.05) is 13.7 Å². The molecule has 1 aromatic carbocycles. The Labute approximate surface area is 213 Å². The number of carbonyl (C=O) groups is 1. The van der Waals surface area contributed by atoms with Crippen molar-refractivity contribution in [3.05, 3.63) is 62.7 Å². The number of halogens is 1. The molecule has 1 saturated heterocycles. The second kappa shape index (κ2) is 10.5. The molecule has 12 nitrogen and oxygen atoms in total. The first-order valence-electron chi connectivity index (χ1n) is 11.0. The SMILES string of the molecule is COC(=O)[C@H](C)NP(=O)(OC[C@H]1O[C@@H](n2ccc(=O)[nH]c2=O)[C@](C)(F)[C@@H]1O)Oc1cccc2sccc12. The first-order valence-corrected chi connectivity index (χ1v) is 13.5. The number of methoxy groups -OCH3 is 1. The number of aromatic amines is 1. The van der Waals surface area contributed by atoms with Gasteiger partial charge >= 0.3 is 19.4 Å². The lowest BCUT2D eigenvalue weighted by molar-refractivity contribution is -0.142. The summed E-state index contributed by atoms with van der Waals surface area (Å²) in [6, 6.07) is 6.73. The molecule has 1 aliphatic heterocycles. The van der Waals surface area contributed by atoms with E-state index in [2.05, 4.69) is 9.82 Å². The van der Waals surface area contributed by atoms with E-state index in [1.807, 2.05) is 16.4 Å². The molecule has 3 N–H and O–H groups in total. The summed E-state index contributed by atoms with van der Waals surface area (Å²) in [5, 5.41) is 15.6. The van der Waals surface area contributed by atoms with Gasteiger partial charge in [0.2, 0.25) is 0 Å². The third-order valence-corrected chi connectivity index (χ3v) is 8.32. The molecule has 15 heteroatoms. The maximum atomic E-state index is 15.5. The summed E-state index contributed by atoms with van der Waals surface area (Å²) in [5.41, 5.74) is -4.12. The Kier molecular flexibility index (Phi) is 7.70. The number of H-pyrrole nitrogens is 1. The zero-order valence-corrected chi connectivity index (χ0v) is 21.7. The topological polar surface area (TPSA) is 158 Å². The molecule has 6 atom stereocenters. The lowest BCUT2D eigenvalue weighted by Gasteiger charge is -2.25. The van der Waals surface area contributed by atoms with Gasteiger partial charge in [0.05, 0.1) is 13.7 Å². The Bertz CT molecular complexity index is 1450. The summed E-state index contributed by atoms with van der Waals surface area (Å²) >= 11 is 1.43. The van der Waals surface area contributed by atoms with E-state index >= 15 is 4.39 Å². The highest BCUT2D eigenvalue weighted by atomic mass is 32.1. The van der Waals surface area contributed by atoms with Crippen LogP contribution in [-0.4, -0.2) is 58.3 Å². The molecule has 0 amide bonds. The number of nitrogens with zero attached hydrogens (tertiary/aromatic N) is 1. The van der Waals surface area contributed by atoms with Gasteiger partial charge in [-0.3, -0.25) is 23.7 Å². The van der Waals surface area contributed by atoms with Gasteiger partial charge in [0, 0.05) is 22.3 Å². The number of hydrogen-bond acceptors (Lipinski definition) is 10. The van der Waals surface area contributed by atoms with Crippen LogP contribution >= 0.6 is 19.1 Å². The van der Waals surface area contributed by atoms with Crippen LogP contribution < -0.4 is 20.9 Å². The molecule has 0 radical (unpaired) electrons. The van der Waals surface area contributed by atoms with Crippen molar-refractivity contribution < 1.29 is 37.4 Å². The first kappa shape index (κ1) is 27.2. The van der Waals surface area contributed by atoms with Gasteiger partial charge in [0.25, 0.3) is 5.56 Å². The average Bonchev–Trinajstić information content (AvgIpc) is 3.41. The van der Waals surface area contributed by atoms with Crippen LogP contribution in [0.3, 0.4) is 0 Å². The summed E-state index contributed by atoms with van der Waals surface area (Å²) in [7, 11) is -3.19. The average molecular weight is 557 g/mol. The van der Waals surface area contributed by atoms with Crippen LogP contribution in [0.2, 0.25) is 0 Å². The fraction of sp³-hybridized carbons (Fsp3) is 0.409. The maximum Gasteiger partial charge on any atom is 0.459 e. The third kappa shape index (κ3) is 5.54. The van der Waals surface area contributed by atoms with E-state index < -0.39 is 61.7 Å².